The second kappa shape index (κ2) is 8.42. The van der Waals surface area contributed by atoms with Crippen molar-refractivity contribution >= 4 is 10.0 Å². The zero-order valence-electron chi connectivity index (χ0n) is 14.0. The Morgan fingerprint density at radius 2 is 1.87 bits per heavy atom. The second-order valence-electron chi connectivity index (χ2n) is 6.37. The molecule has 1 rings (SSSR count). The Kier molecular flexibility index (Phi) is 7.18. The first-order chi connectivity index (χ1) is 10.6. The minimum absolute atomic E-state index is 0.0486. The lowest BCUT2D eigenvalue weighted by molar-refractivity contribution is 0.0607. The lowest BCUT2D eigenvalue weighted by atomic mass is 9.99. The molecule has 0 aliphatic carbocycles. The van der Waals surface area contributed by atoms with E-state index in [4.69, 9.17) is 4.74 Å². The first-order valence-electron chi connectivity index (χ1n) is 7.32. The van der Waals surface area contributed by atoms with E-state index in [-0.39, 0.29) is 10.3 Å². The summed E-state index contributed by atoms with van der Waals surface area (Å²) in [5.41, 5.74) is 0.112. The molecule has 0 aliphatic heterocycles. The quantitative estimate of drug-likeness (QED) is 0.582. The van der Waals surface area contributed by atoms with Crippen molar-refractivity contribution in [1.29, 1.82) is 0 Å². The van der Waals surface area contributed by atoms with Crippen molar-refractivity contribution in [3.05, 3.63) is 42.4 Å². The molecule has 0 atom stereocenters. The molecule has 0 fully saturated rings. The molecule has 1 N–H and O–H groups in total. The van der Waals surface area contributed by atoms with E-state index in [2.05, 4.69) is 26.1 Å². The standard InChI is InChI=1S/C16H25FN2O3S/c1-16(2,3)12-22-13-18-10-5-11-19(4)23(20,21)15-8-6-14(17)7-9-15/h5-9,11,18H,10,12-13H2,1-4H3/b11-5+. The molecule has 0 amide bonds. The molecule has 0 spiro atoms. The van der Waals surface area contributed by atoms with E-state index >= 15 is 0 Å². The van der Waals surface area contributed by atoms with Crippen molar-refractivity contribution in [2.75, 3.05) is 26.9 Å². The van der Waals surface area contributed by atoms with Gasteiger partial charge in [-0.2, -0.15) is 0 Å². The number of hydrogen-bond acceptors (Lipinski definition) is 4. The number of nitrogens with one attached hydrogen (secondary N) is 1. The largest absolute Gasteiger partial charge is 0.366 e. The van der Waals surface area contributed by atoms with Gasteiger partial charge in [0.1, 0.15) is 5.82 Å². The van der Waals surface area contributed by atoms with Gasteiger partial charge in [-0.1, -0.05) is 26.8 Å². The molecule has 0 unspecified atom stereocenters. The highest BCUT2D eigenvalue weighted by Crippen LogP contribution is 2.15. The van der Waals surface area contributed by atoms with Crippen LogP contribution in [0.25, 0.3) is 0 Å². The van der Waals surface area contributed by atoms with E-state index in [0.29, 0.717) is 19.9 Å². The maximum Gasteiger partial charge on any atom is 0.263 e. The molecule has 5 nitrogen and oxygen atoms in total. The van der Waals surface area contributed by atoms with E-state index in [0.717, 1.165) is 16.4 Å². The fourth-order valence-electron chi connectivity index (χ4n) is 1.63. The topological polar surface area (TPSA) is 58.6 Å². The average Bonchev–Trinajstić information content (AvgIpc) is 2.45. The Hall–Kier alpha value is -1.44. The van der Waals surface area contributed by atoms with Crippen molar-refractivity contribution < 1.29 is 17.5 Å². The molecule has 0 heterocycles. The molecule has 130 valence electrons. The van der Waals surface area contributed by atoms with Crippen molar-refractivity contribution in [2.24, 2.45) is 5.41 Å². The van der Waals surface area contributed by atoms with Crippen molar-refractivity contribution in [3.8, 4) is 0 Å². The minimum atomic E-state index is -3.65. The summed E-state index contributed by atoms with van der Waals surface area (Å²) in [6.45, 7) is 7.78. The van der Waals surface area contributed by atoms with Crippen LogP contribution in [0.1, 0.15) is 20.8 Å². The van der Waals surface area contributed by atoms with Crippen LogP contribution in [0, 0.1) is 11.2 Å². The first kappa shape index (κ1) is 19.6. The summed E-state index contributed by atoms with van der Waals surface area (Å²) in [4.78, 5) is 0.0486. The predicted molar refractivity (Wildman–Crippen MR) is 88.8 cm³/mol. The molecular weight excluding hydrogens is 319 g/mol. The third-order valence-corrected chi connectivity index (χ3v) is 4.56. The van der Waals surface area contributed by atoms with Crippen molar-refractivity contribution in [1.82, 2.24) is 9.62 Å². The second-order valence-corrected chi connectivity index (χ2v) is 8.37. The number of rotatable bonds is 8. The summed E-state index contributed by atoms with van der Waals surface area (Å²) < 4.78 is 43.8. The Morgan fingerprint density at radius 3 is 2.43 bits per heavy atom. The maximum atomic E-state index is 12.9. The van der Waals surface area contributed by atoms with Gasteiger partial charge in [-0.25, -0.2) is 12.8 Å². The predicted octanol–water partition coefficient (Wildman–Crippen LogP) is 2.57. The van der Waals surface area contributed by atoms with Gasteiger partial charge in [0, 0.05) is 19.8 Å². The molecule has 0 aromatic heterocycles. The van der Waals surface area contributed by atoms with E-state index < -0.39 is 15.8 Å². The summed E-state index contributed by atoms with van der Waals surface area (Å²) in [6.07, 6.45) is 3.14. The zero-order chi connectivity index (χ0) is 17.5. The first-order valence-corrected chi connectivity index (χ1v) is 8.76. The van der Waals surface area contributed by atoms with Crippen molar-refractivity contribution in [2.45, 2.75) is 25.7 Å². The fraction of sp³-hybridized carbons (Fsp3) is 0.500. The van der Waals surface area contributed by atoms with Crippen LogP contribution < -0.4 is 5.32 Å². The van der Waals surface area contributed by atoms with E-state index in [1.807, 2.05) is 0 Å². The van der Waals surface area contributed by atoms with Crippen LogP contribution in [0.15, 0.2) is 41.4 Å². The maximum absolute atomic E-state index is 12.9. The molecule has 0 radical (unpaired) electrons. The van der Waals surface area contributed by atoms with Crippen LogP contribution in [0.5, 0.6) is 0 Å². The molecule has 7 heteroatoms. The Morgan fingerprint density at radius 1 is 1.26 bits per heavy atom. The minimum Gasteiger partial charge on any atom is -0.366 e. The number of halogens is 1. The number of hydrogen-bond donors (Lipinski definition) is 1. The molecule has 0 saturated heterocycles. The number of nitrogens with zero attached hydrogens (tertiary/aromatic N) is 1. The molecule has 0 aliphatic rings. The van der Waals surface area contributed by atoms with Gasteiger partial charge in [-0.15, -0.1) is 0 Å². The van der Waals surface area contributed by atoms with Gasteiger partial charge in [0.25, 0.3) is 10.0 Å². The lowest BCUT2D eigenvalue weighted by Crippen LogP contribution is -2.24. The van der Waals surface area contributed by atoms with E-state index in [9.17, 15) is 12.8 Å². The number of benzene rings is 1. The normalized spacial score (nSPS) is 12.7. The summed E-state index contributed by atoms with van der Waals surface area (Å²) >= 11 is 0. The highest BCUT2D eigenvalue weighted by Gasteiger charge is 2.17. The summed E-state index contributed by atoms with van der Waals surface area (Å²) in [6, 6.07) is 4.73. The van der Waals surface area contributed by atoms with Crippen LogP contribution in [-0.2, 0) is 14.8 Å². The summed E-state index contributed by atoms with van der Waals surface area (Å²) in [7, 11) is -2.22. The van der Waals surface area contributed by atoms with E-state index in [1.54, 1.807) is 6.08 Å². The fourth-order valence-corrected chi connectivity index (χ4v) is 2.68. The summed E-state index contributed by atoms with van der Waals surface area (Å²) in [5.74, 6) is -0.471. The van der Waals surface area contributed by atoms with Gasteiger partial charge in [-0.3, -0.25) is 9.62 Å². The zero-order valence-corrected chi connectivity index (χ0v) is 14.9. The Labute approximate surface area is 138 Å². The lowest BCUT2D eigenvalue weighted by Gasteiger charge is -2.18. The monoisotopic (exact) mass is 344 g/mol. The smallest absolute Gasteiger partial charge is 0.263 e. The molecule has 1 aromatic carbocycles. The van der Waals surface area contributed by atoms with E-state index in [1.165, 1.54) is 25.4 Å². The van der Waals surface area contributed by atoms with Crippen molar-refractivity contribution in [3.63, 3.8) is 0 Å². The van der Waals surface area contributed by atoms with Crippen LogP contribution in [0.2, 0.25) is 0 Å². The van der Waals surface area contributed by atoms with Crippen LogP contribution in [-0.4, -0.2) is 39.7 Å². The molecule has 0 bridgehead atoms. The van der Waals surface area contributed by atoms with Gasteiger partial charge >= 0.3 is 0 Å². The Bertz CT molecular complexity index is 607. The van der Waals surface area contributed by atoms with Crippen LogP contribution in [0.4, 0.5) is 4.39 Å². The van der Waals surface area contributed by atoms with Crippen LogP contribution in [0.3, 0.4) is 0 Å². The van der Waals surface area contributed by atoms with Gasteiger partial charge in [0.2, 0.25) is 0 Å². The number of ether oxygens (including phenoxy) is 1. The van der Waals surface area contributed by atoms with Gasteiger partial charge in [-0.05, 0) is 29.7 Å². The third kappa shape index (κ3) is 7.11. The third-order valence-electron chi connectivity index (χ3n) is 2.81. The summed E-state index contributed by atoms with van der Waals surface area (Å²) in [5, 5.41) is 3.03. The average molecular weight is 344 g/mol. The van der Waals surface area contributed by atoms with Crippen LogP contribution >= 0.6 is 0 Å². The van der Waals surface area contributed by atoms with Gasteiger partial charge in [0.05, 0.1) is 18.2 Å². The molecular formula is C16H25FN2O3S. The molecule has 23 heavy (non-hydrogen) atoms. The Balaban J connectivity index is 2.43. The molecule has 1 aromatic rings. The van der Waals surface area contributed by atoms with Gasteiger partial charge < -0.3 is 4.74 Å². The SMILES string of the molecule is CN(/C=C/CNCOCC(C)(C)C)S(=O)(=O)c1ccc(F)cc1. The highest BCUT2D eigenvalue weighted by molar-refractivity contribution is 7.89. The number of sulfonamides is 1. The van der Waals surface area contributed by atoms with Gasteiger partial charge in [0.15, 0.2) is 0 Å². The highest BCUT2D eigenvalue weighted by atomic mass is 32.2. The molecule has 0 saturated carbocycles.